The molecule has 0 bridgehead atoms. The quantitative estimate of drug-likeness (QED) is 0.768. The van der Waals surface area contributed by atoms with Gasteiger partial charge in [0.2, 0.25) is 0 Å². The van der Waals surface area contributed by atoms with Crippen molar-refractivity contribution in [2.75, 3.05) is 20.2 Å². The van der Waals surface area contributed by atoms with Gasteiger partial charge in [-0.2, -0.15) is 0 Å². The van der Waals surface area contributed by atoms with Crippen molar-refractivity contribution in [3.63, 3.8) is 0 Å². The summed E-state index contributed by atoms with van der Waals surface area (Å²) < 4.78 is 5.23. The van der Waals surface area contributed by atoms with Gasteiger partial charge in [-0.3, -0.25) is 15.6 Å². The van der Waals surface area contributed by atoms with Crippen molar-refractivity contribution in [2.45, 2.75) is 18.9 Å². The number of rotatable bonds is 5. The lowest BCUT2D eigenvalue weighted by Gasteiger charge is -2.16. The number of methoxy groups -OCH3 is 1. The van der Waals surface area contributed by atoms with E-state index in [2.05, 4.69) is 16.2 Å². The predicted molar refractivity (Wildman–Crippen MR) is 99.1 cm³/mol. The molecule has 1 amide bonds. The van der Waals surface area contributed by atoms with Crippen LogP contribution in [0.5, 0.6) is 5.75 Å². The van der Waals surface area contributed by atoms with Gasteiger partial charge in [-0.25, -0.2) is 0 Å². The Hall–Kier alpha value is -2.08. The monoisotopic (exact) mass is 359 g/mol. The molecular weight excluding hydrogens is 338 g/mol. The summed E-state index contributed by atoms with van der Waals surface area (Å²) in [6.45, 7) is 3.61. The summed E-state index contributed by atoms with van der Waals surface area (Å²) in [7, 11) is 1.63. The van der Waals surface area contributed by atoms with Crippen LogP contribution < -0.4 is 20.9 Å². The molecule has 1 heterocycles. The van der Waals surface area contributed by atoms with Crippen molar-refractivity contribution in [1.29, 1.82) is 0 Å². The second-order valence-corrected chi connectivity index (χ2v) is 6.57. The molecular formula is C19H22ClN3O2. The van der Waals surface area contributed by atoms with Gasteiger partial charge in [0.05, 0.1) is 13.2 Å². The highest BCUT2D eigenvalue weighted by atomic mass is 35.5. The third-order valence-corrected chi connectivity index (χ3v) is 4.79. The number of hydrogen-bond donors (Lipinski definition) is 3. The van der Waals surface area contributed by atoms with Gasteiger partial charge in [0.25, 0.3) is 5.91 Å². The summed E-state index contributed by atoms with van der Waals surface area (Å²) in [4.78, 5) is 12.5. The third-order valence-electron chi connectivity index (χ3n) is 4.47. The Labute approximate surface area is 152 Å². The average Bonchev–Trinajstić information content (AvgIpc) is 3.16. The molecule has 1 fully saturated rings. The van der Waals surface area contributed by atoms with E-state index in [0.717, 1.165) is 30.0 Å². The second kappa shape index (κ2) is 7.87. The van der Waals surface area contributed by atoms with Crippen molar-refractivity contribution in [2.24, 2.45) is 0 Å². The molecule has 1 aliphatic heterocycles. The van der Waals surface area contributed by atoms with Crippen LogP contribution in [-0.2, 0) is 0 Å². The molecule has 132 valence electrons. The van der Waals surface area contributed by atoms with E-state index in [-0.39, 0.29) is 11.9 Å². The van der Waals surface area contributed by atoms with E-state index >= 15 is 0 Å². The lowest BCUT2D eigenvalue weighted by atomic mass is 9.98. The second-order valence-electron chi connectivity index (χ2n) is 6.17. The van der Waals surface area contributed by atoms with E-state index in [4.69, 9.17) is 16.3 Å². The minimum Gasteiger partial charge on any atom is -0.497 e. The van der Waals surface area contributed by atoms with Crippen molar-refractivity contribution in [3.05, 3.63) is 64.2 Å². The highest BCUT2D eigenvalue weighted by Gasteiger charge is 2.20. The molecule has 1 saturated heterocycles. The van der Waals surface area contributed by atoms with E-state index in [1.165, 1.54) is 0 Å². The Kier molecular flexibility index (Phi) is 5.58. The molecule has 25 heavy (non-hydrogen) atoms. The molecule has 6 heteroatoms. The van der Waals surface area contributed by atoms with Crippen molar-refractivity contribution in [1.82, 2.24) is 16.2 Å². The van der Waals surface area contributed by atoms with Crippen molar-refractivity contribution >= 4 is 17.5 Å². The van der Waals surface area contributed by atoms with Gasteiger partial charge in [-0.15, -0.1) is 0 Å². The van der Waals surface area contributed by atoms with Crippen molar-refractivity contribution < 1.29 is 9.53 Å². The zero-order valence-electron chi connectivity index (χ0n) is 14.3. The SMILES string of the molecule is COc1cccc([C@@H](C)NC(=O)c2ccc(C3CNNC3)c(Cl)c2)c1. The van der Waals surface area contributed by atoms with Gasteiger partial charge in [0, 0.05) is 29.6 Å². The smallest absolute Gasteiger partial charge is 0.251 e. The Morgan fingerprint density at radius 1 is 1.24 bits per heavy atom. The number of amides is 1. The van der Waals surface area contributed by atoms with Gasteiger partial charge >= 0.3 is 0 Å². The maximum Gasteiger partial charge on any atom is 0.251 e. The fraction of sp³-hybridized carbons (Fsp3) is 0.316. The molecule has 0 radical (unpaired) electrons. The topological polar surface area (TPSA) is 62.4 Å². The highest BCUT2D eigenvalue weighted by Crippen LogP contribution is 2.27. The minimum atomic E-state index is -0.147. The number of hydrogen-bond acceptors (Lipinski definition) is 4. The summed E-state index contributed by atoms with van der Waals surface area (Å²) in [5.41, 5.74) is 8.78. The molecule has 5 nitrogen and oxygen atoms in total. The van der Waals surface area contributed by atoms with Gasteiger partial charge in [0.1, 0.15) is 5.75 Å². The van der Waals surface area contributed by atoms with E-state index < -0.39 is 0 Å². The Morgan fingerprint density at radius 2 is 2.00 bits per heavy atom. The van der Waals surface area contributed by atoms with Crippen LogP contribution in [0.2, 0.25) is 5.02 Å². The maximum atomic E-state index is 12.5. The standard InChI is InChI=1S/C19H22ClN3O2/c1-12(13-4-3-5-16(8-13)25-2)23-19(24)14-6-7-17(18(20)9-14)15-10-21-22-11-15/h3-9,12,15,21-22H,10-11H2,1-2H3,(H,23,24)/t12-/m1/s1. The van der Waals surface area contributed by atoms with Crippen molar-refractivity contribution in [3.8, 4) is 5.75 Å². The van der Waals surface area contributed by atoms with E-state index in [0.29, 0.717) is 16.5 Å². The van der Waals surface area contributed by atoms with Crippen LogP contribution in [0.25, 0.3) is 0 Å². The molecule has 3 N–H and O–H groups in total. The lowest BCUT2D eigenvalue weighted by molar-refractivity contribution is 0.0940. The van der Waals surface area contributed by atoms with E-state index in [9.17, 15) is 4.79 Å². The van der Waals surface area contributed by atoms with Gasteiger partial charge in [-0.05, 0) is 42.3 Å². The zero-order chi connectivity index (χ0) is 17.8. The van der Waals surface area contributed by atoms with Gasteiger partial charge in [-0.1, -0.05) is 29.8 Å². The number of nitrogens with one attached hydrogen (secondary N) is 3. The Morgan fingerprint density at radius 3 is 2.68 bits per heavy atom. The first-order valence-corrected chi connectivity index (χ1v) is 8.66. The van der Waals surface area contributed by atoms with Crippen LogP contribution in [0.3, 0.4) is 0 Å². The number of hydrazine groups is 1. The van der Waals surface area contributed by atoms with Gasteiger partial charge < -0.3 is 10.1 Å². The first-order chi connectivity index (χ1) is 12.1. The number of halogens is 1. The molecule has 3 rings (SSSR count). The first kappa shape index (κ1) is 17.7. The fourth-order valence-electron chi connectivity index (χ4n) is 2.96. The molecule has 0 saturated carbocycles. The Bertz CT molecular complexity index is 760. The molecule has 1 atom stereocenters. The molecule has 1 aliphatic rings. The molecule has 0 unspecified atom stereocenters. The molecule has 2 aromatic carbocycles. The average molecular weight is 360 g/mol. The van der Waals surface area contributed by atoms with Gasteiger partial charge in [0.15, 0.2) is 0 Å². The summed E-state index contributed by atoms with van der Waals surface area (Å²) in [6, 6.07) is 13.0. The molecule has 0 spiro atoms. The van der Waals surface area contributed by atoms with Crippen LogP contribution in [-0.4, -0.2) is 26.1 Å². The number of benzene rings is 2. The zero-order valence-corrected chi connectivity index (χ0v) is 15.1. The lowest BCUT2D eigenvalue weighted by Crippen LogP contribution is -2.26. The van der Waals surface area contributed by atoms with Crippen LogP contribution in [0, 0.1) is 0 Å². The summed E-state index contributed by atoms with van der Waals surface area (Å²) in [5.74, 6) is 0.941. The van der Waals surface area contributed by atoms with Crippen LogP contribution in [0.1, 0.15) is 40.4 Å². The van der Waals surface area contributed by atoms with E-state index in [1.54, 1.807) is 13.2 Å². The molecule has 0 aromatic heterocycles. The largest absolute Gasteiger partial charge is 0.497 e. The molecule has 0 aliphatic carbocycles. The normalized spacial score (nSPS) is 15.8. The number of carbonyl (C=O) groups is 1. The van der Waals surface area contributed by atoms with E-state index in [1.807, 2.05) is 43.3 Å². The predicted octanol–water partition coefficient (Wildman–Crippen LogP) is 3.03. The minimum absolute atomic E-state index is 0.135. The maximum absolute atomic E-state index is 12.5. The first-order valence-electron chi connectivity index (χ1n) is 8.28. The third kappa shape index (κ3) is 4.12. The van der Waals surface area contributed by atoms with Crippen LogP contribution in [0.15, 0.2) is 42.5 Å². The fourth-order valence-corrected chi connectivity index (χ4v) is 3.29. The Balaban J connectivity index is 1.71. The number of carbonyl (C=O) groups excluding carboxylic acids is 1. The summed E-state index contributed by atoms with van der Waals surface area (Å²) in [6.07, 6.45) is 0. The highest BCUT2D eigenvalue weighted by molar-refractivity contribution is 6.31. The summed E-state index contributed by atoms with van der Waals surface area (Å²) >= 11 is 6.39. The van der Waals surface area contributed by atoms with Crippen LogP contribution in [0.4, 0.5) is 0 Å². The number of ether oxygens (including phenoxy) is 1. The summed E-state index contributed by atoms with van der Waals surface area (Å²) in [5, 5.41) is 3.62. The van der Waals surface area contributed by atoms with Crippen LogP contribution >= 0.6 is 11.6 Å². The molecule has 2 aromatic rings.